The summed E-state index contributed by atoms with van der Waals surface area (Å²) < 4.78 is 18.9. The van der Waals surface area contributed by atoms with E-state index in [1.807, 2.05) is 6.92 Å². The molecule has 0 aliphatic carbocycles. The van der Waals surface area contributed by atoms with Crippen LogP contribution in [0, 0.1) is 5.82 Å². The van der Waals surface area contributed by atoms with Gasteiger partial charge in [-0.3, -0.25) is 20.4 Å². The standard InChI is InChI=1S/C18H19FN4O3S/c1-2-26-15-10-6-3-7-12(15)17(25)20-11-16(24)22-23-18(27)21-14-9-5-4-8-13(14)19/h3-10H,2,11H2,1H3,(H,20,25)(H,22,24)(H2,21,23,27). The van der Waals surface area contributed by atoms with E-state index in [4.69, 9.17) is 17.0 Å². The maximum absolute atomic E-state index is 13.5. The Balaban J connectivity index is 1.78. The van der Waals surface area contributed by atoms with Gasteiger partial charge in [0, 0.05) is 0 Å². The number of hydrogen-bond acceptors (Lipinski definition) is 4. The monoisotopic (exact) mass is 390 g/mol. The summed E-state index contributed by atoms with van der Waals surface area (Å²) in [6, 6.07) is 12.7. The van der Waals surface area contributed by atoms with Crippen molar-refractivity contribution in [3.8, 4) is 5.75 Å². The smallest absolute Gasteiger partial charge is 0.257 e. The molecule has 2 rings (SSSR count). The predicted molar refractivity (Wildman–Crippen MR) is 104 cm³/mol. The number of rotatable bonds is 6. The van der Waals surface area contributed by atoms with E-state index >= 15 is 0 Å². The molecule has 0 saturated heterocycles. The van der Waals surface area contributed by atoms with Crippen molar-refractivity contribution in [2.24, 2.45) is 0 Å². The Hall–Kier alpha value is -3.20. The third kappa shape index (κ3) is 6.23. The number of nitrogens with one attached hydrogen (secondary N) is 4. The summed E-state index contributed by atoms with van der Waals surface area (Å²) in [7, 11) is 0. The maximum Gasteiger partial charge on any atom is 0.257 e. The number of thiocarbonyl (C=S) groups is 1. The Morgan fingerprint density at radius 3 is 2.52 bits per heavy atom. The van der Waals surface area contributed by atoms with E-state index in [1.165, 1.54) is 12.1 Å². The quantitative estimate of drug-likeness (QED) is 0.445. The molecule has 0 atom stereocenters. The van der Waals surface area contributed by atoms with Crippen LogP contribution in [0.4, 0.5) is 10.1 Å². The van der Waals surface area contributed by atoms with Crippen LogP contribution in [0.1, 0.15) is 17.3 Å². The number of halogens is 1. The Kier molecular flexibility index (Phi) is 7.50. The SMILES string of the molecule is CCOc1ccccc1C(=O)NCC(=O)NNC(=S)Nc1ccccc1F. The van der Waals surface area contributed by atoms with Crippen molar-refractivity contribution < 1.29 is 18.7 Å². The maximum atomic E-state index is 13.5. The zero-order valence-corrected chi connectivity index (χ0v) is 15.4. The highest BCUT2D eigenvalue weighted by Crippen LogP contribution is 2.17. The van der Waals surface area contributed by atoms with Crippen LogP contribution in [-0.2, 0) is 4.79 Å². The van der Waals surface area contributed by atoms with E-state index in [1.54, 1.807) is 36.4 Å². The van der Waals surface area contributed by atoms with Crippen molar-refractivity contribution in [2.45, 2.75) is 6.92 Å². The summed E-state index contributed by atoms with van der Waals surface area (Å²) in [4.78, 5) is 24.0. The van der Waals surface area contributed by atoms with Gasteiger partial charge in [0.25, 0.3) is 11.8 Å². The van der Waals surface area contributed by atoms with Gasteiger partial charge in [-0.25, -0.2) is 4.39 Å². The molecule has 0 spiro atoms. The van der Waals surface area contributed by atoms with Crippen molar-refractivity contribution in [3.05, 3.63) is 59.9 Å². The molecular formula is C18H19FN4O3S. The van der Waals surface area contributed by atoms with Crippen LogP contribution < -0.4 is 26.2 Å². The summed E-state index contributed by atoms with van der Waals surface area (Å²) in [5.74, 6) is -1.02. The fourth-order valence-corrected chi connectivity index (χ4v) is 2.24. The molecule has 2 aromatic rings. The number of hydrazine groups is 1. The van der Waals surface area contributed by atoms with Gasteiger partial charge in [-0.1, -0.05) is 24.3 Å². The molecule has 0 radical (unpaired) electrons. The zero-order valence-electron chi connectivity index (χ0n) is 14.5. The molecule has 0 saturated carbocycles. The Labute approximate surface area is 161 Å². The van der Waals surface area contributed by atoms with Crippen molar-refractivity contribution in [3.63, 3.8) is 0 Å². The Morgan fingerprint density at radius 2 is 1.78 bits per heavy atom. The van der Waals surface area contributed by atoms with Crippen LogP contribution in [0.5, 0.6) is 5.75 Å². The lowest BCUT2D eigenvalue weighted by atomic mass is 10.2. The van der Waals surface area contributed by atoms with E-state index in [-0.39, 0.29) is 17.3 Å². The number of para-hydroxylation sites is 2. The van der Waals surface area contributed by atoms with Gasteiger partial charge in [0.15, 0.2) is 5.11 Å². The summed E-state index contributed by atoms with van der Waals surface area (Å²) in [6.07, 6.45) is 0. The van der Waals surface area contributed by atoms with Crippen molar-refractivity contribution >= 4 is 34.8 Å². The van der Waals surface area contributed by atoms with Crippen LogP contribution in [0.25, 0.3) is 0 Å². The van der Waals surface area contributed by atoms with Gasteiger partial charge < -0.3 is 15.4 Å². The van der Waals surface area contributed by atoms with E-state index in [9.17, 15) is 14.0 Å². The molecule has 0 aromatic heterocycles. The number of carbonyl (C=O) groups is 2. The molecule has 0 bridgehead atoms. The van der Waals surface area contributed by atoms with Crippen molar-refractivity contribution in [2.75, 3.05) is 18.5 Å². The average molecular weight is 390 g/mol. The molecule has 9 heteroatoms. The third-order valence-corrected chi connectivity index (χ3v) is 3.48. The third-order valence-electron chi connectivity index (χ3n) is 3.28. The van der Waals surface area contributed by atoms with Crippen molar-refractivity contribution in [1.29, 1.82) is 0 Å². The summed E-state index contributed by atoms with van der Waals surface area (Å²) in [5, 5.41) is 5.09. The van der Waals surface area contributed by atoms with Crippen LogP contribution in [0.3, 0.4) is 0 Å². The minimum Gasteiger partial charge on any atom is -0.493 e. The lowest BCUT2D eigenvalue weighted by Gasteiger charge is -2.13. The van der Waals surface area contributed by atoms with Gasteiger partial charge >= 0.3 is 0 Å². The molecule has 27 heavy (non-hydrogen) atoms. The molecule has 2 amide bonds. The second kappa shape index (κ2) is 10.1. The molecular weight excluding hydrogens is 371 g/mol. The fourth-order valence-electron chi connectivity index (χ4n) is 2.08. The average Bonchev–Trinajstić information content (AvgIpc) is 2.67. The second-order valence-corrected chi connectivity index (χ2v) is 5.63. The normalized spacial score (nSPS) is 9.85. The highest BCUT2D eigenvalue weighted by Gasteiger charge is 2.13. The largest absolute Gasteiger partial charge is 0.493 e. The number of hydrogen-bond donors (Lipinski definition) is 4. The Bertz CT molecular complexity index is 832. The van der Waals surface area contributed by atoms with Gasteiger partial charge in [-0.2, -0.15) is 0 Å². The zero-order chi connectivity index (χ0) is 19.6. The number of ether oxygens (including phenoxy) is 1. The van der Waals surface area contributed by atoms with Gasteiger partial charge in [-0.05, 0) is 43.4 Å². The Morgan fingerprint density at radius 1 is 1.07 bits per heavy atom. The molecule has 7 nitrogen and oxygen atoms in total. The summed E-state index contributed by atoms with van der Waals surface area (Å²) in [5.41, 5.74) is 5.24. The lowest BCUT2D eigenvalue weighted by Crippen LogP contribution is -2.47. The first kappa shape index (κ1) is 20.1. The van der Waals surface area contributed by atoms with Crippen molar-refractivity contribution in [1.82, 2.24) is 16.2 Å². The first-order chi connectivity index (χ1) is 13.0. The molecule has 0 aliphatic rings. The minimum absolute atomic E-state index is 0.00136. The minimum atomic E-state index is -0.532. The van der Waals surface area contributed by atoms with Gasteiger partial charge in [0.2, 0.25) is 0 Å². The summed E-state index contributed by atoms with van der Waals surface area (Å²) >= 11 is 4.97. The molecule has 142 valence electrons. The number of amides is 2. The lowest BCUT2D eigenvalue weighted by molar-refractivity contribution is -0.120. The molecule has 0 aliphatic heterocycles. The molecule has 0 heterocycles. The van der Waals surface area contributed by atoms with E-state index in [0.29, 0.717) is 17.9 Å². The first-order valence-corrected chi connectivity index (χ1v) is 8.52. The fraction of sp³-hybridized carbons (Fsp3) is 0.167. The highest BCUT2D eigenvalue weighted by atomic mass is 32.1. The van der Waals surface area contributed by atoms with E-state index in [0.717, 1.165) is 0 Å². The number of benzene rings is 2. The van der Waals surface area contributed by atoms with Gasteiger partial charge in [0.1, 0.15) is 11.6 Å². The van der Waals surface area contributed by atoms with E-state index < -0.39 is 17.6 Å². The second-order valence-electron chi connectivity index (χ2n) is 5.22. The molecule has 0 fully saturated rings. The van der Waals surface area contributed by atoms with Crippen LogP contribution in [-0.4, -0.2) is 30.1 Å². The first-order valence-electron chi connectivity index (χ1n) is 8.11. The number of anilines is 1. The predicted octanol–water partition coefficient (Wildman–Crippen LogP) is 1.97. The molecule has 0 unspecified atom stereocenters. The van der Waals surface area contributed by atoms with Crippen LogP contribution in [0.2, 0.25) is 0 Å². The molecule has 2 aromatic carbocycles. The molecule has 4 N–H and O–H groups in total. The van der Waals surface area contributed by atoms with E-state index in [2.05, 4.69) is 21.5 Å². The number of carbonyl (C=O) groups excluding carboxylic acids is 2. The van der Waals surface area contributed by atoms with Crippen LogP contribution in [0.15, 0.2) is 48.5 Å². The van der Waals surface area contributed by atoms with Gasteiger partial charge in [0.05, 0.1) is 24.4 Å². The highest BCUT2D eigenvalue weighted by molar-refractivity contribution is 7.80. The summed E-state index contributed by atoms with van der Waals surface area (Å²) in [6.45, 7) is 1.95. The topological polar surface area (TPSA) is 91.5 Å². The van der Waals surface area contributed by atoms with Crippen LogP contribution >= 0.6 is 12.2 Å². The van der Waals surface area contributed by atoms with Gasteiger partial charge in [-0.15, -0.1) is 0 Å².